The number of hydrogen-bond acceptors (Lipinski definition) is 3. The Morgan fingerprint density at radius 3 is 2.73 bits per heavy atom. The van der Waals surface area contributed by atoms with Crippen molar-refractivity contribution in [1.82, 2.24) is 9.55 Å². The molecule has 0 aliphatic heterocycles. The minimum atomic E-state index is -0.863. The van der Waals surface area contributed by atoms with Crippen molar-refractivity contribution >= 4 is 11.6 Å². The van der Waals surface area contributed by atoms with Gasteiger partial charge < -0.3 is 14.6 Å². The van der Waals surface area contributed by atoms with Crippen LogP contribution in [0.15, 0.2) is 48.8 Å². The highest BCUT2D eigenvalue weighted by molar-refractivity contribution is 6.06. The Labute approximate surface area is 149 Å². The van der Waals surface area contributed by atoms with Gasteiger partial charge in [0, 0.05) is 30.2 Å². The minimum absolute atomic E-state index is 0.430. The molecule has 0 aliphatic rings. The lowest BCUT2D eigenvalue weighted by Crippen LogP contribution is -2.16. The molecule has 3 rings (SSSR count). The maximum absolute atomic E-state index is 14.1. The van der Waals surface area contributed by atoms with Gasteiger partial charge in [0.2, 0.25) is 0 Å². The van der Waals surface area contributed by atoms with Gasteiger partial charge in [-0.1, -0.05) is 12.1 Å². The number of nitrogens with one attached hydrogen (secondary N) is 1. The van der Waals surface area contributed by atoms with E-state index in [0.717, 1.165) is 30.1 Å². The summed E-state index contributed by atoms with van der Waals surface area (Å²) in [7, 11) is 1.18. The smallest absolute Gasteiger partial charge is 0.262 e. The fourth-order valence-electron chi connectivity index (χ4n) is 2.70. The van der Waals surface area contributed by atoms with Crippen LogP contribution in [0.2, 0.25) is 0 Å². The average molecular weight is 357 g/mol. The predicted octanol–water partition coefficient (Wildman–Crippen LogP) is 4.11. The van der Waals surface area contributed by atoms with Crippen LogP contribution in [-0.2, 0) is 6.54 Å². The number of halogens is 2. The van der Waals surface area contributed by atoms with Crippen LogP contribution in [0, 0.1) is 11.6 Å². The lowest BCUT2D eigenvalue weighted by molar-refractivity contribution is 0.101. The zero-order chi connectivity index (χ0) is 18.7. The van der Waals surface area contributed by atoms with E-state index in [4.69, 9.17) is 4.74 Å². The molecule has 0 bridgehead atoms. The van der Waals surface area contributed by atoms with Crippen molar-refractivity contribution in [3.63, 3.8) is 0 Å². The van der Waals surface area contributed by atoms with Crippen LogP contribution in [-0.4, -0.2) is 22.6 Å². The number of benzene rings is 2. The number of ether oxygens (including phenoxy) is 1. The van der Waals surface area contributed by atoms with Crippen molar-refractivity contribution in [3.05, 3.63) is 66.0 Å². The number of carbonyl (C=O) groups is 1. The van der Waals surface area contributed by atoms with Gasteiger partial charge in [0.1, 0.15) is 17.2 Å². The molecule has 0 unspecified atom stereocenters. The first-order chi connectivity index (χ1) is 12.5. The van der Waals surface area contributed by atoms with E-state index in [1.54, 1.807) is 24.4 Å². The number of amides is 1. The number of rotatable bonds is 5. The van der Waals surface area contributed by atoms with Crippen LogP contribution in [0.5, 0.6) is 5.75 Å². The summed E-state index contributed by atoms with van der Waals surface area (Å²) in [6, 6.07) is 8.78. The monoisotopic (exact) mass is 357 g/mol. The van der Waals surface area contributed by atoms with Crippen LogP contribution < -0.4 is 10.1 Å². The van der Waals surface area contributed by atoms with Crippen LogP contribution in [0.1, 0.15) is 17.3 Å². The summed E-state index contributed by atoms with van der Waals surface area (Å²) in [5.41, 5.74) is 0.748. The Kier molecular flexibility index (Phi) is 4.97. The number of hydrogen-bond donors (Lipinski definition) is 1. The Morgan fingerprint density at radius 1 is 1.23 bits per heavy atom. The summed E-state index contributed by atoms with van der Waals surface area (Å²) in [5, 5.41) is 2.58. The van der Waals surface area contributed by atoms with E-state index in [1.807, 2.05) is 23.8 Å². The molecule has 0 saturated carbocycles. The number of imidazole rings is 1. The molecule has 0 fully saturated rings. The summed E-state index contributed by atoms with van der Waals surface area (Å²) in [5.74, 6) is -2.15. The highest BCUT2D eigenvalue weighted by atomic mass is 19.1. The van der Waals surface area contributed by atoms with Crippen LogP contribution in [0.4, 0.5) is 14.5 Å². The van der Waals surface area contributed by atoms with Gasteiger partial charge in [-0.25, -0.2) is 13.8 Å². The van der Waals surface area contributed by atoms with E-state index < -0.39 is 28.9 Å². The lowest BCUT2D eigenvalue weighted by atomic mass is 10.1. The fourth-order valence-corrected chi connectivity index (χ4v) is 2.70. The van der Waals surface area contributed by atoms with E-state index >= 15 is 0 Å². The highest BCUT2D eigenvalue weighted by Crippen LogP contribution is 2.27. The summed E-state index contributed by atoms with van der Waals surface area (Å²) in [4.78, 5) is 16.8. The van der Waals surface area contributed by atoms with Crippen molar-refractivity contribution in [2.24, 2.45) is 0 Å². The number of methoxy groups -OCH3 is 1. The van der Waals surface area contributed by atoms with Crippen molar-refractivity contribution in [1.29, 1.82) is 0 Å². The highest BCUT2D eigenvalue weighted by Gasteiger charge is 2.21. The van der Waals surface area contributed by atoms with Crippen molar-refractivity contribution in [3.8, 4) is 17.1 Å². The second-order valence-corrected chi connectivity index (χ2v) is 5.51. The Morgan fingerprint density at radius 2 is 2.00 bits per heavy atom. The Hall–Kier alpha value is -3.22. The van der Waals surface area contributed by atoms with Crippen LogP contribution in [0.25, 0.3) is 11.4 Å². The largest absolute Gasteiger partial charge is 0.493 e. The summed E-state index contributed by atoms with van der Waals surface area (Å²) in [6.07, 6.45) is 3.55. The van der Waals surface area contributed by atoms with Crippen LogP contribution >= 0.6 is 0 Å². The molecule has 5 nitrogen and oxygen atoms in total. The van der Waals surface area contributed by atoms with E-state index in [2.05, 4.69) is 10.3 Å². The predicted molar refractivity (Wildman–Crippen MR) is 94.2 cm³/mol. The second kappa shape index (κ2) is 7.35. The van der Waals surface area contributed by atoms with E-state index in [9.17, 15) is 13.6 Å². The lowest BCUT2D eigenvalue weighted by Gasteiger charge is -2.12. The molecule has 26 heavy (non-hydrogen) atoms. The number of aromatic nitrogens is 2. The van der Waals surface area contributed by atoms with E-state index in [0.29, 0.717) is 5.69 Å². The average Bonchev–Trinajstić information content (AvgIpc) is 3.12. The molecule has 1 aromatic heterocycles. The maximum Gasteiger partial charge on any atom is 0.262 e. The molecule has 0 spiro atoms. The van der Waals surface area contributed by atoms with Gasteiger partial charge >= 0.3 is 0 Å². The van der Waals surface area contributed by atoms with Gasteiger partial charge in [-0.3, -0.25) is 4.79 Å². The Balaban J connectivity index is 1.92. The molecule has 1 N–H and O–H groups in total. The van der Waals surface area contributed by atoms with E-state index in [-0.39, 0.29) is 0 Å². The van der Waals surface area contributed by atoms with Gasteiger partial charge in [0.25, 0.3) is 5.91 Å². The van der Waals surface area contributed by atoms with Gasteiger partial charge in [0.15, 0.2) is 11.6 Å². The van der Waals surface area contributed by atoms with Crippen molar-refractivity contribution in [2.45, 2.75) is 13.5 Å². The number of nitrogens with zero attached hydrogens (tertiary/aromatic N) is 2. The van der Waals surface area contributed by atoms with Crippen molar-refractivity contribution < 1.29 is 18.3 Å². The third-order valence-corrected chi connectivity index (χ3v) is 3.92. The third kappa shape index (κ3) is 3.28. The Bertz CT molecular complexity index is 954. The standard InChI is InChI=1S/C19H17F2N3O2/c1-3-24-10-9-22-18(24)12-5-4-6-13(11-12)23-19(25)16-14(20)7-8-15(21)17(16)26-2/h4-11H,3H2,1-2H3,(H,23,25). The normalized spacial score (nSPS) is 10.6. The molecule has 1 amide bonds. The molecular formula is C19H17F2N3O2. The van der Waals surface area contributed by atoms with Crippen molar-refractivity contribution in [2.75, 3.05) is 12.4 Å². The molecule has 0 aliphatic carbocycles. The molecule has 3 aromatic rings. The minimum Gasteiger partial charge on any atom is -0.493 e. The topological polar surface area (TPSA) is 56.2 Å². The third-order valence-electron chi connectivity index (χ3n) is 3.92. The van der Waals surface area contributed by atoms with Gasteiger partial charge in [0.05, 0.1) is 7.11 Å². The molecule has 0 saturated heterocycles. The number of aryl methyl sites for hydroxylation is 1. The fraction of sp³-hybridized carbons (Fsp3) is 0.158. The maximum atomic E-state index is 14.1. The summed E-state index contributed by atoms with van der Waals surface area (Å²) >= 11 is 0. The summed E-state index contributed by atoms with van der Waals surface area (Å²) < 4.78 is 34.6. The van der Waals surface area contributed by atoms with Crippen LogP contribution in [0.3, 0.4) is 0 Å². The van der Waals surface area contributed by atoms with Gasteiger partial charge in [-0.05, 0) is 31.2 Å². The molecule has 1 heterocycles. The SMILES string of the molecule is CCn1ccnc1-c1cccc(NC(=O)c2c(F)ccc(F)c2OC)c1. The first-order valence-corrected chi connectivity index (χ1v) is 8.00. The molecule has 7 heteroatoms. The molecule has 0 atom stereocenters. The first-order valence-electron chi connectivity index (χ1n) is 8.00. The first kappa shape index (κ1) is 17.6. The van der Waals surface area contributed by atoms with E-state index in [1.165, 1.54) is 7.11 Å². The van der Waals surface area contributed by atoms with Gasteiger partial charge in [-0.2, -0.15) is 0 Å². The second-order valence-electron chi connectivity index (χ2n) is 5.51. The zero-order valence-corrected chi connectivity index (χ0v) is 14.3. The quantitative estimate of drug-likeness (QED) is 0.748. The summed E-state index contributed by atoms with van der Waals surface area (Å²) in [6.45, 7) is 2.74. The molecule has 0 radical (unpaired) electrons. The van der Waals surface area contributed by atoms with Gasteiger partial charge in [-0.15, -0.1) is 0 Å². The molecular weight excluding hydrogens is 340 g/mol. The number of anilines is 1. The molecule has 2 aromatic carbocycles. The molecule has 134 valence electrons. The number of carbonyl (C=O) groups excluding carboxylic acids is 1. The zero-order valence-electron chi connectivity index (χ0n) is 14.3.